The molecule has 3 aromatic rings. The number of anilines is 1. The van der Waals surface area contributed by atoms with Crippen molar-refractivity contribution in [2.24, 2.45) is 0 Å². The molecular weight excluding hydrogens is 327 g/mol. The Hall–Kier alpha value is -2.29. The van der Waals surface area contributed by atoms with Crippen LogP contribution in [0.5, 0.6) is 0 Å². The van der Waals surface area contributed by atoms with Crippen molar-refractivity contribution in [2.75, 3.05) is 5.32 Å². The Bertz CT molecular complexity index is 859. The normalized spacial score (nSPS) is 11.9. The number of aromatic nitrogens is 4. The van der Waals surface area contributed by atoms with Crippen LogP contribution in [0.3, 0.4) is 0 Å². The van der Waals surface area contributed by atoms with Crippen LogP contribution in [0.15, 0.2) is 18.6 Å². The fourth-order valence-corrected chi connectivity index (χ4v) is 3.12. The fraction of sp³-hybridized carbons (Fsp3) is 0.286. The first-order chi connectivity index (χ1) is 10.9. The van der Waals surface area contributed by atoms with E-state index in [1.54, 1.807) is 11.3 Å². The summed E-state index contributed by atoms with van der Waals surface area (Å²) in [7, 11) is 0. The largest absolute Gasteiger partial charge is 0.433 e. The second kappa shape index (κ2) is 5.73. The molecule has 9 heteroatoms. The van der Waals surface area contributed by atoms with Crippen molar-refractivity contribution in [3.05, 3.63) is 40.5 Å². The molecule has 0 unspecified atom stereocenters. The molecule has 0 saturated carbocycles. The molecular formula is C14H12F3N5S. The number of halogens is 3. The van der Waals surface area contributed by atoms with Gasteiger partial charge in [0.1, 0.15) is 28.5 Å². The van der Waals surface area contributed by atoms with Gasteiger partial charge in [-0.25, -0.2) is 19.9 Å². The topological polar surface area (TPSA) is 63.6 Å². The summed E-state index contributed by atoms with van der Waals surface area (Å²) in [6.45, 7) is 4.00. The van der Waals surface area contributed by atoms with E-state index in [0.717, 1.165) is 32.9 Å². The van der Waals surface area contributed by atoms with E-state index in [2.05, 4.69) is 25.3 Å². The lowest BCUT2D eigenvalue weighted by Crippen LogP contribution is -2.12. The highest BCUT2D eigenvalue weighted by atomic mass is 32.1. The Morgan fingerprint density at radius 3 is 2.70 bits per heavy atom. The molecule has 0 amide bonds. The van der Waals surface area contributed by atoms with Gasteiger partial charge in [0.05, 0.1) is 11.9 Å². The van der Waals surface area contributed by atoms with Crippen LogP contribution in [0.1, 0.15) is 22.0 Å². The average molecular weight is 339 g/mol. The minimum atomic E-state index is -4.49. The Balaban J connectivity index is 1.87. The molecule has 3 heterocycles. The number of nitrogens with one attached hydrogen (secondary N) is 1. The van der Waals surface area contributed by atoms with Gasteiger partial charge in [0.2, 0.25) is 0 Å². The van der Waals surface area contributed by atoms with Gasteiger partial charge in [0.25, 0.3) is 0 Å². The molecule has 0 aliphatic carbocycles. The highest BCUT2D eigenvalue weighted by Gasteiger charge is 2.32. The first kappa shape index (κ1) is 15.6. The number of alkyl halides is 3. The third-order valence-electron chi connectivity index (χ3n) is 3.38. The third-order valence-corrected chi connectivity index (χ3v) is 4.49. The minimum Gasteiger partial charge on any atom is -0.362 e. The third kappa shape index (κ3) is 3.09. The van der Waals surface area contributed by atoms with E-state index < -0.39 is 11.9 Å². The summed E-state index contributed by atoms with van der Waals surface area (Å²) in [5.74, 6) is 0.619. The molecule has 0 saturated heterocycles. The van der Waals surface area contributed by atoms with E-state index in [1.807, 2.05) is 13.8 Å². The van der Waals surface area contributed by atoms with Crippen molar-refractivity contribution in [1.82, 2.24) is 19.9 Å². The molecule has 0 aliphatic heterocycles. The highest BCUT2D eigenvalue weighted by molar-refractivity contribution is 7.18. The number of rotatable bonds is 3. The van der Waals surface area contributed by atoms with Gasteiger partial charge >= 0.3 is 6.18 Å². The maximum atomic E-state index is 12.7. The van der Waals surface area contributed by atoms with Gasteiger partial charge in [-0.3, -0.25) is 0 Å². The summed E-state index contributed by atoms with van der Waals surface area (Å²) in [4.78, 5) is 17.7. The Morgan fingerprint density at radius 1 is 1.17 bits per heavy atom. The van der Waals surface area contributed by atoms with E-state index in [9.17, 15) is 13.2 Å². The monoisotopic (exact) mass is 339 g/mol. The van der Waals surface area contributed by atoms with Crippen LogP contribution < -0.4 is 5.32 Å². The van der Waals surface area contributed by atoms with Crippen LogP contribution in [0.25, 0.3) is 10.2 Å². The predicted octanol–water partition coefficient (Wildman–Crippen LogP) is 3.73. The van der Waals surface area contributed by atoms with Gasteiger partial charge in [-0.15, -0.1) is 11.3 Å². The maximum absolute atomic E-state index is 12.7. The summed E-state index contributed by atoms with van der Waals surface area (Å²) in [5, 5.41) is 3.88. The fourth-order valence-electron chi connectivity index (χ4n) is 2.12. The van der Waals surface area contributed by atoms with Gasteiger partial charge in [-0.2, -0.15) is 13.2 Å². The number of hydrogen-bond acceptors (Lipinski definition) is 6. The number of nitrogens with zero attached hydrogens (tertiary/aromatic N) is 4. The molecule has 5 nitrogen and oxygen atoms in total. The first-order valence-electron chi connectivity index (χ1n) is 6.70. The molecule has 0 fully saturated rings. The highest BCUT2D eigenvalue weighted by Crippen LogP contribution is 2.32. The van der Waals surface area contributed by atoms with Crippen molar-refractivity contribution in [3.63, 3.8) is 0 Å². The zero-order valence-electron chi connectivity index (χ0n) is 12.3. The van der Waals surface area contributed by atoms with Crippen LogP contribution in [0.2, 0.25) is 0 Å². The number of fused-ring (bicyclic) bond motifs is 1. The number of thiophene rings is 1. The smallest absolute Gasteiger partial charge is 0.362 e. The molecule has 3 aromatic heterocycles. The van der Waals surface area contributed by atoms with E-state index in [4.69, 9.17) is 0 Å². The standard InChI is InChI=1S/C14H12F3N5S/c1-7-8(2)23-13-11(7)12(20-6-21-13)19-5-10-18-4-3-9(22-10)14(15,16)17/h3-4,6H,5H2,1-2H3,(H,19,20,21). The zero-order chi connectivity index (χ0) is 16.6. The van der Waals surface area contributed by atoms with Crippen molar-refractivity contribution in [3.8, 4) is 0 Å². The van der Waals surface area contributed by atoms with Gasteiger partial charge in [0, 0.05) is 11.1 Å². The summed E-state index contributed by atoms with van der Waals surface area (Å²) in [6, 6.07) is 0.846. The van der Waals surface area contributed by atoms with Crippen molar-refractivity contribution < 1.29 is 13.2 Å². The SMILES string of the molecule is Cc1sc2ncnc(NCc3nccc(C(F)(F)F)n3)c2c1C. The average Bonchev–Trinajstić information content (AvgIpc) is 2.80. The number of hydrogen-bond donors (Lipinski definition) is 1. The molecule has 0 atom stereocenters. The molecule has 0 aliphatic rings. The minimum absolute atomic E-state index is 0.0460. The number of aryl methyl sites for hydroxylation is 2. The maximum Gasteiger partial charge on any atom is 0.433 e. The van der Waals surface area contributed by atoms with Crippen LogP contribution in [0, 0.1) is 13.8 Å². The van der Waals surface area contributed by atoms with Crippen LogP contribution in [-0.4, -0.2) is 19.9 Å². The van der Waals surface area contributed by atoms with Crippen LogP contribution in [-0.2, 0) is 12.7 Å². The summed E-state index contributed by atoms with van der Waals surface area (Å²) in [6.07, 6.45) is -1.96. The van der Waals surface area contributed by atoms with Crippen LogP contribution >= 0.6 is 11.3 Å². The molecule has 3 rings (SSSR count). The Morgan fingerprint density at radius 2 is 1.96 bits per heavy atom. The van der Waals surface area contributed by atoms with Gasteiger partial charge < -0.3 is 5.32 Å². The first-order valence-corrected chi connectivity index (χ1v) is 7.51. The summed E-state index contributed by atoms with van der Waals surface area (Å²) >= 11 is 1.55. The predicted molar refractivity (Wildman–Crippen MR) is 81.2 cm³/mol. The lowest BCUT2D eigenvalue weighted by molar-refractivity contribution is -0.141. The zero-order valence-corrected chi connectivity index (χ0v) is 13.1. The van der Waals surface area contributed by atoms with Gasteiger partial charge in [-0.05, 0) is 25.5 Å². The lowest BCUT2D eigenvalue weighted by Gasteiger charge is -2.09. The van der Waals surface area contributed by atoms with E-state index in [0.29, 0.717) is 5.82 Å². The van der Waals surface area contributed by atoms with E-state index in [1.165, 1.54) is 6.33 Å². The molecule has 0 aromatic carbocycles. The van der Waals surface area contributed by atoms with Crippen molar-refractivity contribution in [2.45, 2.75) is 26.6 Å². The molecule has 120 valence electrons. The van der Waals surface area contributed by atoms with Gasteiger partial charge in [-0.1, -0.05) is 0 Å². The van der Waals surface area contributed by atoms with Crippen molar-refractivity contribution >= 4 is 27.4 Å². The van der Waals surface area contributed by atoms with E-state index >= 15 is 0 Å². The van der Waals surface area contributed by atoms with Crippen molar-refractivity contribution in [1.29, 1.82) is 0 Å². The molecule has 0 radical (unpaired) electrons. The quantitative estimate of drug-likeness (QED) is 0.788. The molecule has 1 N–H and O–H groups in total. The Kier molecular flexibility index (Phi) is 3.88. The Labute approximate surface area is 133 Å². The van der Waals surface area contributed by atoms with Gasteiger partial charge in [0.15, 0.2) is 0 Å². The second-order valence-electron chi connectivity index (χ2n) is 4.90. The molecule has 0 spiro atoms. The summed E-state index contributed by atoms with van der Waals surface area (Å²) < 4.78 is 38.0. The van der Waals surface area contributed by atoms with Crippen LogP contribution in [0.4, 0.5) is 19.0 Å². The summed E-state index contributed by atoms with van der Waals surface area (Å²) in [5.41, 5.74) is 0.0951. The second-order valence-corrected chi connectivity index (χ2v) is 6.10. The molecule has 0 bridgehead atoms. The lowest BCUT2D eigenvalue weighted by atomic mass is 10.2. The molecule has 23 heavy (non-hydrogen) atoms. The van der Waals surface area contributed by atoms with E-state index in [-0.39, 0.29) is 12.4 Å².